The largest absolute Gasteiger partial charge is 0.496 e. The van der Waals surface area contributed by atoms with Gasteiger partial charge in [0.05, 0.1) is 25.8 Å². The van der Waals surface area contributed by atoms with Gasteiger partial charge in [0, 0.05) is 38.8 Å². The summed E-state index contributed by atoms with van der Waals surface area (Å²) >= 11 is 0. The number of fused-ring (bicyclic) bond motifs is 1. The molecule has 0 saturated carbocycles. The summed E-state index contributed by atoms with van der Waals surface area (Å²) in [5.41, 5.74) is 0.694. The lowest BCUT2D eigenvalue weighted by atomic mass is 10.0. The summed E-state index contributed by atoms with van der Waals surface area (Å²) in [6.45, 7) is 4.90. The number of H-pyrrole nitrogens is 1. The molecule has 0 spiro atoms. The van der Waals surface area contributed by atoms with E-state index in [2.05, 4.69) is 15.2 Å². The van der Waals surface area contributed by atoms with Crippen molar-refractivity contribution in [1.82, 2.24) is 24.4 Å². The number of anilines is 1. The maximum Gasteiger partial charge on any atom is 0.337 e. The van der Waals surface area contributed by atoms with Crippen molar-refractivity contribution in [3.05, 3.63) is 50.2 Å². The minimum atomic E-state index is -0.522. The Balaban J connectivity index is 1.95. The number of hydrogen-bond donors (Lipinski definition) is 2. The number of carbonyl (C=O) groups excluding carboxylic acids is 1. The minimum absolute atomic E-state index is 0.298. The molecule has 0 aliphatic carbocycles. The Hall–Kier alpha value is -3.60. The summed E-state index contributed by atoms with van der Waals surface area (Å²) in [4.78, 5) is 46.2. The number of piperazine rings is 1. The first-order chi connectivity index (χ1) is 15.4. The van der Waals surface area contributed by atoms with Crippen LogP contribution in [-0.4, -0.2) is 65.5 Å². The van der Waals surface area contributed by atoms with Crippen molar-refractivity contribution in [2.24, 2.45) is 7.05 Å². The number of carbonyl (C=O) groups is 1. The van der Waals surface area contributed by atoms with Crippen LogP contribution in [0.25, 0.3) is 11.2 Å². The molecule has 32 heavy (non-hydrogen) atoms. The Labute approximate surface area is 183 Å². The lowest BCUT2D eigenvalue weighted by molar-refractivity contribution is 0.0600. The summed E-state index contributed by atoms with van der Waals surface area (Å²) in [6.07, 6.45) is 0. The van der Waals surface area contributed by atoms with Crippen molar-refractivity contribution in [3.63, 3.8) is 0 Å². The quantitative estimate of drug-likeness (QED) is 0.539. The van der Waals surface area contributed by atoms with E-state index >= 15 is 0 Å². The average Bonchev–Trinajstić information content (AvgIpc) is 3.23. The van der Waals surface area contributed by atoms with Crippen LogP contribution in [0.15, 0.2) is 27.8 Å². The number of ether oxygens (including phenoxy) is 2. The van der Waals surface area contributed by atoms with Crippen LogP contribution in [-0.2, 0) is 11.8 Å². The highest BCUT2D eigenvalue weighted by molar-refractivity contribution is 5.90. The highest BCUT2D eigenvalue weighted by Gasteiger charge is 2.27. The molecule has 1 aromatic carbocycles. The molecule has 2 aromatic heterocycles. The third-order valence-corrected chi connectivity index (χ3v) is 5.82. The van der Waals surface area contributed by atoms with E-state index in [-0.39, 0.29) is 6.04 Å². The molecule has 1 aliphatic heterocycles. The second kappa shape index (κ2) is 8.50. The second-order valence-electron chi connectivity index (χ2n) is 7.63. The molecule has 1 unspecified atom stereocenters. The highest BCUT2D eigenvalue weighted by Crippen LogP contribution is 2.34. The van der Waals surface area contributed by atoms with Gasteiger partial charge in [0.1, 0.15) is 5.75 Å². The van der Waals surface area contributed by atoms with E-state index in [0.717, 1.165) is 18.7 Å². The number of aromatic nitrogens is 4. The topological polar surface area (TPSA) is 123 Å². The number of aryl methyl sites for hydroxylation is 1. The molecule has 1 aliphatic rings. The number of nitrogens with one attached hydrogen (secondary N) is 2. The molecule has 0 bridgehead atoms. The van der Waals surface area contributed by atoms with Crippen molar-refractivity contribution >= 4 is 23.1 Å². The van der Waals surface area contributed by atoms with E-state index in [9.17, 15) is 14.4 Å². The molecule has 0 radical (unpaired) electrons. The Morgan fingerprint density at radius 2 is 1.91 bits per heavy atom. The number of rotatable bonds is 5. The standard InChI is InChI=1S/C21H26N6O5/c1-12(14-6-5-13(19(29)32-4)11-15(14)31-3)27-16-17(25(2)21(30)24-18(16)28)23-20(27)26-9-7-22-8-10-26/h5-6,11-12,22H,7-10H2,1-4H3,(H,24,28,30). The first kappa shape index (κ1) is 21.6. The number of aromatic amines is 1. The van der Waals surface area contributed by atoms with E-state index in [1.54, 1.807) is 25.2 Å². The van der Waals surface area contributed by atoms with Crippen molar-refractivity contribution in [2.75, 3.05) is 45.3 Å². The van der Waals surface area contributed by atoms with Crippen molar-refractivity contribution < 1.29 is 14.3 Å². The Kier molecular flexibility index (Phi) is 5.74. The second-order valence-corrected chi connectivity index (χ2v) is 7.63. The van der Waals surface area contributed by atoms with E-state index in [1.807, 2.05) is 11.5 Å². The van der Waals surface area contributed by atoms with Gasteiger partial charge in [-0.2, -0.15) is 4.98 Å². The zero-order valence-electron chi connectivity index (χ0n) is 18.5. The van der Waals surface area contributed by atoms with Gasteiger partial charge in [0.2, 0.25) is 5.95 Å². The van der Waals surface area contributed by atoms with Gasteiger partial charge < -0.3 is 19.7 Å². The highest BCUT2D eigenvalue weighted by atomic mass is 16.5. The fraction of sp³-hybridized carbons (Fsp3) is 0.429. The third-order valence-electron chi connectivity index (χ3n) is 5.82. The molecule has 0 amide bonds. The Morgan fingerprint density at radius 1 is 1.19 bits per heavy atom. The van der Waals surface area contributed by atoms with Gasteiger partial charge in [-0.3, -0.25) is 18.9 Å². The van der Waals surface area contributed by atoms with Crippen LogP contribution in [0.1, 0.15) is 28.9 Å². The molecular formula is C21H26N6O5. The lowest BCUT2D eigenvalue weighted by Gasteiger charge is -2.30. The molecule has 11 nitrogen and oxygen atoms in total. The normalized spacial score (nSPS) is 15.1. The average molecular weight is 442 g/mol. The van der Waals surface area contributed by atoms with E-state index in [4.69, 9.17) is 14.5 Å². The summed E-state index contributed by atoms with van der Waals surface area (Å²) in [5.74, 6) is 0.609. The zero-order chi connectivity index (χ0) is 23.0. The van der Waals surface area contributed by atoms with Crippen LogP contribution in [0, 0.1) is 0 Å². The number of methoxy groups -OCH3 is 2. The van der Waals surface area contributed by atoms with Crippen molar-refractivity contribution in [2.45, 2.75) is 13.0 Å². The minimum Gasteiger partial charge on any atom is -0.496 e. The Bertz CT molecular complexity index is 1280. The maximum atomic E-state index is 12.9. The molecule has 170 valence electrons. The van der Waals surface area contributed by atoms with Crippen molar-refractivity contribution in [3.8, 4) is 5.75 Å². The van der Waals surface area contributed by atoms with Crippen LogP contribution >= 0.6 is 0 Å². The van der Waals surface area contributed by atoms with Gasteiger partial charge in [-0.05, 0) is 19.1 Å². The number of hydrogen-bond acceptors (Lipinski definition) is 8. The smallest absolute Gasteiger partial charge is 0.337 e. The van der Waals surface area contributed by atoms with Gasteiger partial charge in [0.15, 0.2) is 11.2 Å². The fourth-order valence-corrected chi connectivity index (χ4v) is 4.09. The summed E-state index contributed by atoms with van der Waals surface area (Å²) in [7, 11) is 4.42. The van der Waals surface area contributed by atoms with Crippen LogP contribution in [0.5, 0.6) is 5.75 Å². The first-order valence-electron chi connectivity index (χ1n) is 10.3. The zero-order valence-corrected chi connectivity index (χ0v) is 18.5. The summed E-state index contributed by atoms with van der Waals surface area (Å²) in [6, 6.07) is 4.66. The van der Waals surface area contributed by atoms with Crippen LogP contribution < -0.4 is 26.2 Å². The molecular weight excluding hydrogens is 416 g/mol. The first-order valence-corrected chi connectivity index (χ1v) is 10.3. The lowest BCUT2D eigenvalue weighted by Crippen LogP contribution is -2.44. The van der Waals surface area contributed by atoms with E-state index in [1.165, 1.54) is 18.8 Å². The van der Waals surface area contributed by atoms with Crippen molar-refractivity contribution in [1.29, 1.82) is 0 Å². The molecule has 11 heteroatoms. The van der Waals surface area contributed by atoms with Gasteiger partial charge in [-0.1, -0.05) is 6.07 Å². The van der Waals surface area contributed by atoms with E-state index < -0.39 is 17.2 Å². The summed E-state index contributed by atoms with van der Waals surface area (Å²) in [5, 5.41) is 3.31. The molecule has 1 saturated heterocycles. The number of nitrogens with zero attached hydrogens (tertiary/aromatic N) is 4. The molecule has 2 N–H and O–H groups in total. The third kappa shape index (κ3) is 3.54. The van der Waals surface area contributed by atoms with E-state index in [0.29, 0.717) is 41.5 Å². The van der Waals surface area contributed by atoms with Crippen LogP contribution in [0.2, 0.25) is 0 Å². The molecule has 4 rings (SSSR count). The molecule has 1 atom stereocenters. The van der Waals surface area contributed by atoms with Gasteiger partial charge in [0.25, 0.3) is 5.56 Å². The van der Waals surface area contributed by atoms with Gasteiger partial charge >= 0.3 is 11.7 Å². The Morgan fingerprint density at radius 3 is 2.56 bits per heavy atom. The predicted octanol–water partition coefficient (Wildman–Crippen LogP) is 0.237. The van der Waals surface area contributed by atoms with Crippen LogP contribution in [0.3, 0.4) is 0 Å². The van der Waals surface area contributed by atoms with Gasteiger partial charge in [-0.15, -0.1) is 0 Å². The number of esters is 1. The van der Waals surface area contributed by atoms with Crippen LogP contribution in [0.4, 0.5) is 5.95 Å². The van der Waals surface area contributed by atoms with Gasteiger partial charge in [-0.25, -0.2) is 9.59 Å². The maximum absolute atomic E-state index is 12.9. The SMILES string of the molecule is COC(=O)c1ccc(C(C)n2c(N3CCNCC3)nc3c2c(=O)[nH]c(=O)n3C)c(OC)c1. The monoisotopic (exact) mass is 442 g/mol. The molecule has 3 heterocycles. The fourth-order valence-electron chi connectivity index (χ4n) is 4.09. The summed E-state index contributed by atoms with van der Waals surface area (Å²) < 4.78 is 13.5. The number of benzene rings is 1. The molecule has 3 aromatic rings. The predicted molar refractivity (Wildman–Crippen MR) is 119 cm³/mol. The molecule has 1 fully saturated rings. The number of imidazole rings is 1.